The second-order valence-electron chi connectivity index (χ2n) is 6.53. The molecule has 0 N–H and O–H groups in total. The first kappa shape index (κ1) is 17.5. The highest BCUT2D eigenvalue weighted by atomic mass is 32.2. The van der Waals surface area contributed by atoms with Crippen LogP contribution in [0.25, 0.3) is 0 Å². The summed E-state index contributed by atoms with van der Waals surface area (Å²) in [7, 11) is 1.85. The van der Waals surface area contributed by atoms with Crippen molar-refractivity contribution in [3.05, 3.63) is 39.7 Å². The molecule has 1 fully saturated rings. The van der Waals surface area contributed by atoms with Gasteiger partial charge in [0, 0.05) is 36.3 Å². The number of hydrogen-bond acceptors (Lipinski definition) is 5. The maximum absolute atomic E-state index is 12.2. The van der Waals surface area contributed by atoms with Crippen LogP contribution in [0.15, 0.2) is 21.9 Å². The highest BCUT2D eigenvalue weighted by molar-refractivity contribution is 7.98. The molecule has 2 aromatic heterocycles. The molecule has 2 unspecified atom stereocenters. The molecular formula is C18H24N2O2S2. The van der Waals surface area contributed by atoms with E-state index in [0.29, 0.717) is 18.9 Å². The molecule has 0 spiro atoms. The van der Waals surface area contributed by atoms with Gasteiger partial charge in [-0.25, -0.2) is 4.98 Å². The quantitative estimate of drug-likeness (QED) is 0.649. The number of thiazole rings is 1. The number of nitrogens with zero attached hydrogens (tertiary/aromatic N) is 2. The average Bonchev–Trinajstić information content (AvgIpc) is 2.94. The second-order valence-corrected chi connectivity index (χ2v) is 8.70. The minimum absolute atomic E-state index is 0.162. The van der Waals surface area contributed by atoms with Crippen LogP contribution >= 0.6 is 23.1 Å². The number of furan rings is 1. The molecule has 6 heteroatoms. The summed E-state index contributed by atoms with van der Waals surface area (Å²) in [5.74, 6) is 5.14. The molecule has 0 aromatic carbocycles. The van der Waals surface area contributed by atoms with Crippen molar-refractivity contribution in [2.75, 3.05) is 12.8 Å². The maximum Gasteiger partial charge on any atom is 0.223 e. The smallest absolute Gasteiger partial charge is 0.223 e. The highest BCUT2D eigenvalue weighted by Crippen LogP contribution is 2.47. The molecule has 0 radical (unpaired) electrons. The van der Waals surface area contributed by atoms with Crippen molar-refractivity contribution in [1.82, 2.24) is 9.88 Å². The summed E-state index contributed by atoms with van der Waals surface area (Å²) in [6.07, 6.45) is 1.77. The van der Waals surface area contributed by atoms with Gasteiger partial charge in [0.05, 0.1) is 17.2 Å². The molecule has 1 aliphatic rings. The van der Waals surface area contributed by atoms with Gasteiger partial charge in [-0.15, -0.1) is 11.3 Å². The lowest BCUT2D eigenvalue weighted by molar-refractivity contribution is -0.130. The van der Waals surface area contributed by atoms with E-state index in [2.05, 4.69) is 23.4 Å². The fourth-order valence-corrected chi connectivity index (χ4v) is 4.26. The van der Waals surface area contributed by atoms with Crippen LogP contribution in [0.5, 0.6) is 0 Å². The Morgan fingerprint density at radius 1 is 1.50 bits per heavy atom. The molecule has 0 aliphatic heterocycles. The highest BCUT2D eigenvalue weighted by Gasteiger charge is 2.36. The van der Waals surface area contributed by atoms with Crippen molar-refractivity contribution in [3.8, 4) is 0 Å². The Hall–Kier alpha value is -1.27. The molecule has 24 heavy (non-hydrogen) atoms. The minimum Gasteiger partial charge on any atom is -0.464 e. The van der Waals surface area contributed by atoms with Crippen LogP contribution in [-0.2, 0) is 17.1 Å². The molecule has 1 amide bonds. The van der Waals surface area contributed by atoms with Crippen molar-refractivity contribution in [1.29, 1.82) is 0 Å². The first-order valence-corrected chi connectivity index (χ1v) is 10.4. The van der Waals surface area contributed by atoms with Gasteiger partial charge in [-0.1, -0.05) is 6.92 Å². The van der Waals surface area contributed by atoms with Crippen LogP contribution in [-0.4, -0.2) is 28.6 Å². The van der Waals surface area contributed by atoms with E-state index >= 15 is 0 Å². The SMILES string of the molecule is Cc1nc(CSCCC(=O)N(C)Cc2ccc(C3CC3C)o2)cs1. The van der Waals surface area contributed by atoms with E-state index in [1.807, 2.05) is 20.0 Å². The molecule has 130 valence electrons. The zero-order valence-corrected chi connectivity index (χ0v) is 16.1. The number of rotatable bonds is 8. The van der Waals surface area contributed by atoms with E-state index in [0.717, 1.165) is 39.6 Å². The van der Waals surface area contributed by atoms with Gasteiger partial charge in [0.25, 0.3) is 0 Å². The molecule has 0 bridgehead atoms. The third-order valence-electron chi connectivity index (χ3n) is 4.35. The Kier molecular flexibility index (Phi) is 5.66. The fraction of sp³-hybridized carbons (Fsp3) is 0.556. The number of hydrogen-bond donors (Lipinski definition) is 0. The molecule has 1 saturated carbocycles. The summed E-state index contributed by atoms with van der Waals surface area (Å²) in [5, 5.41) is 3.19. The third kappa shape index (κ3) is 4.63. The molecule has 2 aromatic rings. The van der Waals surface area contributed by atoms with Crippen LogP contribution in [0.3, 0.4) is 0 Å². The molecule has 0 saturated heterocycles. The van der Waals surface area contributed by atoms with Gasteiger partial charge >= 0.3 is 0 Å². The van der Waals surface area contributed by atoms with Gasteiger partial charge in [0.1, 0.15) is 11.5 Å². The third-order valence-corrected chi connectivity index (χ3v) is 6.17. The summed E-state index contributed by atoms with van der Waals surface area (Å²) in [6.45, 7) is 4.81. The summed E-state index contributed by atoms with van der Waals surface area (Å²) in [5.41, 5.74) is 1.11. The number of aromatic nitrogens is 1. The number of carbonyl (C=O) groups excluding carboxylic acids is 1. The van der Waals surface area contributed by atoms with Gasteiger partial charge in [-0.3, -0.25) is 4.79 Å². The second kappa shape index (κ2) is 7.74. The lowest BCUT2D eigenvalue weighted by Gasteiger charge is -2.15. The van der Waals surface area contributed by atoms with E-state index in [1.165, 1.54) is 6.42 Å². The first-order valence-electron chi connectivity index (χ1n) is 8.34. The largest absolute Gasteiger partial charge is 0.464 e. The molecule has 4 nitrogen and oxygen atoms in total. The monoisotopic (exact) mass is 364 g/mol. The van der Waals surface area contributed by atoms with Crippen LogP contribution in [0.2, 0.25) is 0 Å². The van der Waals surface area contributed by atoms with Crippen LogP contribution < -0.4 is 0 Å². The molecule has 3 rings (SSSR count). The summed E-state index contributed by atoms with van der Waals surface area (Å²) < 4.78 is 5.88. The van der Waals surface area contributed by atoms with E-state index in [-0.39, 0.29) is 5.91 Å². The van der Waals surface area contributed by atoms with Gasteiger partial charge in [-0.2, -0.15) is 11.8 Å². The maximum atomic E-state index is 12.2. The van der Waals surface area contributed by atoms with Crippen molar-refractivity contribution in [2.45, 2.75) is 44.9 Å². The van der Waals surface area contributed by atoms with Gasteiger partial charge in [-0.05, 0) is 31.4 Å². The molecule has 2 heterocycles. The van der Waals surface area contributed by atoms with Crippen molar-refractivity contribution < 1.29 is 9.21 Å². The van der Waals surface area contributed by atoms with Crippen molar-refractivity contribution >= 4 is 29.0 Å². The Balaban J connectivity index is 1.37. The fourth-order valence-electron chi connectivity index (χ4n) is 2.72. The zero-order valence-electron chi connectivity index (χ0n) is 14.4. The Labute approximate surface area is 151 Å². The molecule has 2 atom stereocenters. The Morgan fingerprint density at radius 2 is 2.29 bits per heavy atom. The van der Waals surface area contributed by atoms with Gasteiger partial charge < -0.3 is 9.32 Å². The average molecular weight is 365 g/mol. The normalized spacial score (nSPS) is 19.5. The molecular weight excluding hydrogens is 340 g/mol. The van der Waals surface area contributed by atoms with Crippen LogP contribution in [0.1, 0.15) is 47.9 Å². The predicted octanol–water partition coefficient (Wildman–Crippen LogP) is 4.45. The van der Waals surface area contributed by atoms with Crippen molar-refractivity contribution in [3.63, 3.8) is 0 Å². The Bertz CT molecular complexity index is 695. The number of aryl methyl sites for hydroxylation is 1. The van der Waals surface area contributed by atoms with Crippen LogP contribution in [0.4, 0.5) is 0 Å². The first-order chi connectivity index (χ1) is 11.5. The summed E-state index contributed by atoms with van der Waals surface area (Å²) >= 11 is 3.43. The number of carbonyl (C=O) groups is 1. The molecule has 1 aliphatic carbocycles. The van der Waals surface area contributed by atoms with E-state index < -0.39 is 0 Å². The zero-order chi connectivity index (χ0) is 17.1. The Morgan fingerprint density at radius 3 is 2.96 bits per heavy atom. The van der Waals surface area contributed by atoms with E-state index in [4.69, 9.17) is 4.42 Å². The number of amides is 1. The summed E-state index contributed by atoms with van der Waals surface area (Å²) in [4.78, 5) is 18.4. The minimum atomic E-state index is 0.162. The lowest BCUT2D eigenvalue weighted by Crippen LogP contribution is -2.26. The number of thioether (sulfide) groups is 1. The van der Waals surface area contributed by atoms with E-state index in [1.54, 1.807) is 28.0 Å². The van der Waals surface area contributed by atoms with Gasteiger partial charge in [0.2, 0.25) is 5.91 Å². The standard InChI is InChI=1S/C18H24N2O2S2/c1-12-8-16(12)17-5-4-15(22-17)9-20(3)18(21)6-7-23-10-14-11-24-13(2)19-14/h4-5,11-12,16H,6-10H2,1-3H3. The van der Waals surface area contributed by atoms with E-state index in [9.17, 15) is 4.79 Å². The van der Waals surface area contributed by atoms with Gasteiger partial charge in [0.15, 0.2) is 0 Å². The lowest BCUT2D eigenvalue weighted by atomic mass is 10.3. The topological polar surface area (TPSA) is 46.3 Å². The van der Waals surface area contributed by atoms with Crippen molar-refractivity contribution in [2.24, 2.45) is 5.92 Å². The predicted molar refractivity (Wildman–Crippen MR) is 99.3 cm³/mol. The summed E-state index contributed by atoms with van der Waals surface area (Å²) in [6, 6.07) is 4.07. The van der Waals surface area contributed by atoms with Crippen LogP contribution in [0, 0.1) is 12.8 Å².